The van der Waals surface area contributed by atoms with E-state index in [1.165, 1.54) is 12.1 Å². The maximum absolute atomic E-state index is 14.0. The number of halogens is 2. The van der Waals surface area contributed by atoms with Crippen molar-refractivity contribution >= 4 is 40.2 Å². The van der Waals surface area contributed by atoms with Crippen LogP contribution in [0.3, 0.4) is 0 Å². The second-order valence-electron chi connectivity index (χ2n) is 12.2. The lowest BCUT2D eigenvalue weighted by atomic mass is 9.62. The highest BCUT2D eigenvalue weighted by Crippen LogP contribution is 2.57. The molecule has 3 fully saturated rings. The molecule has 1 aromatic heterocycles. The van der Waals surface area contributed by atoms with Gasteiger partial charge in [-0.15, -0.1) is 0 Å². The molecule has 3 aliphatic rings. The van der Waals surface area contributed by atoms with Gasteiger partial charge in [0.2, 0.25) is 11.9 Å². The normalized spacial score (nSPS) is 28.1. The van der Waals surface area contributed by atoms with Crippen LogP contribution in [0.4, 0.5) is 16.0 Å². The summed E-state index contributed by atoms with van der Waals surface area (Å²) in [5, 5.41) is 41.0. The number of nitrogens with one attached hydrogen (secondary N) is 1. The summed E-state index contributed by atoms with van der Waals surface area (Å²) >= 11 is 6.16. The van der Waals surface area contributed by atoms with Crippen LogP contribution in [0, 0.1) is 11.2 Å². The molecule has 45 heavy (non-hydrogen) atoms. The number of carbonyl (C=O) groups is 1. The van der Waals surface area contributed by atoms with Crippen LogP contribution in [0.2, 0.25) is 5.02 Å². The van der Waals surface area contributed by atoms with Gasteiger partial charge in [-0.1, -0.05) is 35.9 Å². The lowest BCUT2D eigenvalue weighted by Gasteiger charge is -2.59. The van der Waals surface area contributed by atoms with Crippen molar-refractivity contribution in [2.24, 2.45) is 5.41 Å². The zero-order valence-corrected chi connectivity index (χ0v) is 25.0. The molecule has 5 N–H and O–H groups in total. The van der Waals surface area contributed by atoms with E-state index >= 15 is 0 Å². The molecule has 6 atom stereocenters. The number of carbonyl (C=O) groups excluding carboxylic acids is 1. The maximum atomic E-state index is 14.0. The Labute approximate surface area is 263 Å². The minimum Gasteiger partial charge on any atom is -0.394 e. The summed E-state index contributed by atoms with van der Waals surface area (Å²) < 4.78 is 19.5. The standard InChI is InChI=1S/C33H34ClFN4O6/c34-20-5-10-23-24(16-20)37-32(36-23)38-13-11-33(12-14-38)30(39(31(33)44)22-8-6-21(35)7-9-22)19-3-1-18(2-4-19)15-25-27(41)29(43)28(42)26(17-40)45-25/h1-10,16,25-30,40-43H,11-15,17H2,(H,36,37). The minimum atomic E-state index is -1.44. The van der Waals surface area contributed by atoms with Gasteiger partial charge in [-0.2, -0.15) is 0 Å². The fourth-order valence-electron chi connectivity index (χ4n) is 7.13. The quantitative estimate of drug-likeness (QED) is 0.203. The zero-order chi connectivity index (χ0) is 31.5. The van der Waals surface area contributed by atoms with Gasteiger partial charge in [-0.25, -0.2) is 9.37 Å². The van der Waals surface area contributed by atoms with Crippen LogP contribution in [-0.4, -0.2) is 86.5 Å². The molecule has 0 aliphatic carbocycles. The molecule has 12 heteroatoms. The van der Waals surface area contributed by atoms with E-state index in [4.69, 9.17) is 21.3 Å². The molecule has 0 saturated carbocycles. The Hall–Kier alpha value is -3.58. The van der Waals surface area contributed by atoms with Crippen LogP contribution >= 0.6 is 11.6 Å². The van der Waals surface area contributed by atoms with Gasteiger partial charge in [-0.05, 0) is 66.4 Å². The number of piperidine rings is 1. The van der Waals surface area contributed by atoms with E-state index in [0.29, 0.717) is 36.6 Å². The van der Waals surface area contributed by atoms with Crippen LogP contribution in [0.1, 0.15) is 30.0 Å². The second kappa shape index (κ2) is 11.7. The Morgan fingerprint density at radius 1 is 0.956 bits per heavy atom. The van der Waals surface area contributed by atoms with E-state index in [2.05, 4.69) is 9.88 Å². The highest BCUT2D eigenvalue weighted by atomic mass is 35.5. The van der Waals surface area contributed by atoms with E-state index in [1.807, 2.05) is 36.4 Å². The van der Waals surface area contributed by atoms with Gasteiger partial charge in [0.1, 0.15) is 30.2 Å². The Kier molecular flexibility index (Phi) is 7.79. The first-order chi connectivity index (χ1) is 21.7. The summed E-state index contributed by atoms with van der Waals surface area (Å²) in [5.74, 6) is 0.356. The van der Waals surface area contributed by atoms with E-state index in [0.717, 1.165) is 28.1 Å². The predicted molar refractivity (Wildman–Crippen MR) is 166 cm³/mol. The Morgan fingerprint density at radius 3 is 2.33 bits per heavy atom. The number of fused-ring (bicyclic) bond motifs is 1. The van der Waals surface area contributed by atoms with Crippen LogP contribution in [-0.2, 0) is 16.0 Å². The Balaban J connectivity index is 1.13. The van der Waals surface area contributed by atoms with Crippen LogP contribution < -0.4 is 9.80 Å². The third-order valence-electron chi connectivity index (χ3n) is 9.64. The summed E-state index contributed by atoms with van der Waals surface area (Å²) in [6.45, 7) is 0.740. The first kappa shape index (κ1) is 30.1. The van der Waals surface area contributed by atoms with Gasteiger partial charge in [-0.3, -0.25) is 4.79 Å². The fourth-order valence-corrected chi connectivity index (χ4v) is 7.30. The van der Waals surface area contributed by atoms with Crippen molar-refractivity contribution in [3.8, 4) is 0 Å². The lowest BCUT2D eigenvalue weighted by molar-refractivity contribution is -0.228. The van der Waals surface area contributed by atoms with Crippen LogP contribution in [0.15, 0.2) is 66.7 Å². The van der Waals surface area contributed by atoms with E-state index in [9.17, 15) is 29.6 Å². The number of aliphatic hydroxyl groups is 4. The van der Waals surface area contributed by atoms with Crippen molar-refractivity contribution in [1.82, 2.24) is 9.97 Å². The van der Waals surface area contributed by atoms with Gasteiger partial charge in [0.15, 0.2) is 0 Å². The molecular formula is C33H34ClFN4O6. The molecule has 236 valence electrons. The predicted octanol–water partition coefficient (Wildman–Crippen LogP) is 3.12. The van der Waals surface area contributed by atoms with Crippen LogP contribution in [0.5, 0.6) is 0 Å². The number of hydrogen-bond donors (Lipinski definition) is 5. The molecule has 0 bridgehead atoms. The first-order valence-corrected chi connectivity index (χ1v) is 15.4. The summed E-state index contributed by atoms with van der Waals surface area (Å²) in [4.78, 5) is 25.9. The summed E-state index contributed by atoms with van der Waals surface area (Å²) in [5.41, 5.74) is 3.37. The number of β-lactam (4-membered cyclic amide) rings is 1. The number of ether oxygens (including phenoxy) is 1. The highest BCUT2D eigenvalue weighted by molar-refractivity contribution is 6.31. The molecule has 4 heterocycles. The number of nitrogens with zero attached hydrogens (tertiary/aromatic N) is 3. The molecule has 10 nitrogen and oxygen atoms in total. The van der Waals surface area contributed by atoms with Gasteiger partial charge >= 0.3 is 0 Å². The second-order valence-corrected chi connectivity index (χ2v) is 12.7. The van der Waals surface area contributed by atoms with Crippen molar-refractivity contribution in [2.75, 3.05) is 29.5 Å². The number of aromatic nitrogens is 2. The minimum absolute atomic E-state index is 0.000501. The van der Waals surface area contributed by atoms with Crippen molar-refractivity contribution in [3.05, 3.63) is 88.7 Å². The topological polar surface area (TPSA) is 142 Å². The molecule has 6 unspecified atom stereocenters. The first-order valence-electron chi connectivity index (χ1n) is 15.1. The van der Waals surface area contributed by atoms with Gasteiger partial charge in [0.05, 0.1) is 35.2 Å². The molecule has 1 spiro atoms. The smallest absolute Gasteiger partial charge is 0.236 e. The maximum Gasteiger partial charge on any atom is 0.236 e. The van der Waals surface area contributed by atoms with Gasteiger partial charge < -0.3 is 39.9 Å². The fraction of sp³-hybridized carbons (Fsp3) is 0.394. The van der Waals surface area contributed by atoms with Crippen molar-refractivity contribution in [2.45, 2.75) is 55.8 Å². The highest BCUT2D eigenvalue weighted by Gasteiger charge is 2.62. The number of imidazole rings is 1. The van der Waals surface area contributed by atoms with E-state index in [-0.39, 0.29) is 24.2 Å². The Morgan fingerprint density at radius 2 is 1.64 bits per heavy atom. The number of aromatic amines is 1. The number of benzene rings is 3. The SMILES string of the molecule is O=C1N(c2ccc(F)cc2)C(c2ccc(CC3OC(CO)C(O)C(O)C3O)cc2)C12CCN(c1nc3ccc(Cl)cc3[nH]1)CC2. The average Bonchev–Trinajstić information content (AvgIpc) is 3.48. The number of aliphatic hydroxyl groups excluding tert-OH is 4. The molecule has 3 aliphatic heterocycles. The monoisotopic (exact) mass is 636 g/mol. The third kappa shape index (κ3) is 5.17. The van der Waals surface area contributed by atoms with E-state index in [1.54, 1.807) is 23.1 Å². The van der Waals surface area contributed by atoms with Crippen molar-refractivity contribution in [3.63, 3.8) is 0 Å². The summed E-state index contributed by atoms with van der Waals surface area (Å²) in [7, 11) is 0. The zero-order valence-electron chi connectivity index (χ0n) is 24.3. The molecule has 3 aromatic carbocycles. The van der Waals surface area contributed by atoms with E-state index < -0.39 is 42.5 Å². The molecule has 4 aromatic rings. The molecule has 1 amide bonds. The molecule has 3 saturated heterocycles. The third-order valence-corrected chi connectivity index (χ3v) is 9.88. The van der Waals surface area contributed by atoms with Crippen molar-refractivity contribution in [1.29, 1.82) is 0 Å². The lowest BCUT2D eigenvalue weighted by Crippen LogP contribution is -2.66. The number of H-pyrrole nitrogens is 1. The molecular weight excluding hydrogens is 603 g/mol. The summed E-state index contributed by atoms with van der Waals surface area (Å²) in [6.07, 6.45) is -4.53. The van der Waals surface area contributed by atoms with Gasteiger partial charge in [0, 0.05) is 30.2 Å². The molecule has 0 radical (unpaired) electrons. The van der Waals surface area contributed by atoms with Crippen LogP contribution in [0.25, 0.3) is 11.0 Å². The largest absolute Gasteiger partial charge is 0.394 e. The average molecular weight is 637 g/mol. The molecule has 7 rings (SSSR count). The number of anilines is 2. The van der Waals surface area contributed by atoms with Gasteiger partial charge in [0.25, 0.3) is 0 Å². The summed E-state index contributed by atoms with van der Waals surface area (Å²) in [6, 6.07) is 18.9. The number of rotatable bonds is 6. The number of amides is 1. The Bertz CT molecular complexity index is 1690. The van der Waals surface area contributed by atoms with Crippen molar-refractivity contribution < 1.29 is 34.3 Å². The number of hydrogen-bond acceptors (Lipinski definition) is 8.